The predicted octanol–water partition coefficient (Wildman–Crippen LogP) is 2.66. The number of halogens is 3. The highest BCUT2D eigenvalue weighted by Crippen LogP contribution is 2.25. The Labute approximate surface area is 97.8 Å². The Balaban J connectivity index is 1.93. The number of fused-ring (bicyclic) bond motifs is 1. The van der Waals surface area contributed by atoms with Crippen LogP contribution in [-0.2, 0) is 13.0 Å². The minimum atomic E-state index is -4.16. The molecule has 1 aliphatic rings. The maximum absolute atomic E-state index is 11.9. The lowest BCUT2D eigenvalue weighted by atomic mass is 10.0. The molecular formula is C12H14F3NO. The lowest BCUT2D eigenvalue weighted by Gasteiger charge is -2.18. The molecule has 0 unspecified atom stereocenters. The van der Waals surface area contributed by atoms with Gasteiger partial charge in [-0.2, -0.15) is 13.2 Å². The first-order chi connectivity index (χ1) is 8.04. The van der Waals surface area contributed by atoms with E-state index in [0.29, 0.717) is 0 Å². The number of hydrogen-bond acceptors (Lipinski definition) is 2. The summed E-state index contributed by atoms with van der Waals surface area (Å²) in [5.41, 5.74) is 1.95. The third-order valence-corrected chi connectivity index (χ3v) is 2.63. The van der Waals surface area contributed by atoms with Crippen LogP contribution in [0.15, 0.2) is 18.2 Å². The number of nitrogens with one attached hydrogen (secondary N) is 1. The minimum Gasteiger partial charge on any atom is -0.493 e. The summed E-state index contributed by atoms with van der Waals surface area (Å²) in [4.78, 5) is 0. The maximum Gasteiger partial charge on any atom is 0.401 e. The van der Waals surface area contributed by atoms with Gasteiger partial charge in [-0.3, -0.25) is 0 Å². The van der Waals surface area contributed by atoms with Crippen LogP contribution in [0.4, 0.5) is 13.2 Å². The number of rotatable bonds is 3. The molecule has 5 heteroatoms. The van der Waals surface area contributed by atoms with Crippen LogP contribution < -0.4 is 10.1 Å². The number of benzene rings is 1. The van der Waals surface area contributed by atoms with E-state index in [4.69, 9.17) is 4.74 Å². The standard InChI is InChI=1S/C12H14F3NO/c13-12(14,15)8-16-7-9-3-4-11-10(6-9)2-1-5-17-11/h3-4,6,16H,1-2,5,7-8H2. The van der Waals surface area contributed by atoms with Gasteiger partial charge >= 0.3 is 6.18 Å². The van der Waals surface area contributed by atoms with E-state index in [0.717, 1.165) is 36.3 Å². The van der Waals surface area contributed by atoms with Crippen molar-refractivity contribution in [2.45, 2.75) is 25.6 Å². The first-order valence-corrected chi connectivity index (χ1v) is 5.57. The fourth-order valence-corrected chi connectivity index (χ4v) is 1.87. The van der Waals surface area contributed by atoms with E-state index in [1.807, 2.05) is 12.1 Å². The molecule has 1 aromatic carbocycles. The third kappa shape index (κ3) is 3.63. The van der Waals surface area contributed by atoms with Gasteiger partial charge in [0, 0.05) is 6.54 Å². The van der Waals surface area contributed by atoms with Crippen LogP contribution in [0.1, 0.15) is 17.5 Å². The number of ether oxygens (including phenoxy) is 1. The van der Waals surface area contributed by atoms with E-state index in [9.17, 15) is 13.2 Å². The average Bonchev–Trinajstić information content (AvgIpc) is 2.27. The molecule has 2 nitrogen and oxygen atoms in total. The normalized spacial score (nSPS) is 15.2. The Morgan fingerprint density at radius 1 is 1.29 bits per heavy atom. The van der Waals surface area contributed by atoms with Crippen LogP contribution in [0.2, 0.25) is 0 Å². The first kappa shape index (κ1) is 12.2. The largest absolute Gasteiger partial charge is 0.493 e. The van der Waals surface area contributed by atoms with Crippen molar-refractivity contribution in [2.24, 2.45) is 0 Å². The molecule has 0 bridgehead atoms. The Morgan fingerprint density at radius 3 is 2.88 bits per heavy atom. The minimum absolute atomic E-state index is 0.229. The summed E-state index contributed by atoms with van der Waals surface area (Å²) in [7, 11) is 0. The number of hydrogen-bond donors (Lipinski definition) is 1. The van der Waals surface area contributed by atoms with Gasteiger partial charge in [0.1, 0.15) is 5.75 Å². The fourth-order valence-electron chi connectivity index (χ4n) is 1.87. The van der Waals surface area contributed by atoms with E-state index in [2.05, 4.69) is 5.32 Å². The van der Waals surface area contributed by atoms with E-state index in [1.54, 1.807) is 6.07 Å². The molecule has 0 aliphatic carbocycles. The summed E-state index contributed by atoms with van der Waals surface area (Å²) < 4.78 is 41.3. The molecule has 0 radical (unpaired) electrons. The van der Waals surface area contributed by atoms with E-state index in [-0.39, 0.29) is 6.54 Å². The Bertz CT molecular complexity index is 390. The molecule has 1 aliphatic heterocycles. The molecule has 94 valence electrons. The molecule has 0 fully saturated rings. The van der Waals surface area contributed by atoms with Gasteiger partial charge in [0.05, 0.1) is 13.2 Å². The SMILES string of the molecule is FC(F)(F)CNCc1ccc2c(c1)CCCO2. The number of alkyl halides is 3. The highest BCUT2D eigenvalue weighted by atomic mass is 19.4. The number of aryl methyl sites for hydroxylation is 1. The molecule has 1 aromatic rings. The van der Waals surface area contributed by atoms with E-state index < -0.39 is 12.7 Å². The topological polar surface area (TPSA) is 21.3 Å². The second-order valence-corrected chi connectivity index (χ2v) is 4.11. The van der Waals surface area contributed by atoms with Gasteiger partial charge in [0.25, 0.3) is 0 Å². The summed E-state index contributed by atoms with van der Waals surface area (Å²) in [5, 5.41) is 2.38. The van der Waals surface area contributed by atoms with Crippen molar-refractivity contribution in [3.63, 3.8) is 0 Å². The second kappa shape index (κ2) is 4.96. The third-order valence-electron chi connectivity index (χ3n) is 2.63. The molecule has 1 N–H and O–H groups in total. The maximum atomic E-state index is 11.9. The lowest BCUT2D eigenvalue weighted by Crippen LogP contribution is -2.28. The van der Waals surface area contributed by atoms with Crippen molar-refractivity contribution in [3.05, 3.63) is 29.3 Å². The monoisotopic (exact) mass is 245 g/mol. The Kier molecular flexibility index (Phi) is 3.57. The molecule has 1 heterocycles. The zero-order chi connectivity index (χ0) is 12.3. The molecular weight excluding hydrogens is 231 g/mol. The fraction of sp³-hybridized carbons (Fsp3) is 0.500. The van der Waals surface area contributed by atoms with E-state index >= 15 is 0 Å². The van der Waals surface area contributed by atoms with Gasteiger partial charge in [0.15, 0.2) is 0 Å². The van der Waals surface area contributed by atoms with Crippen LogP contribution in [0.5, 0.6) is 5.75 Å². The van der Waals surface area contributed by atoms with Crippen molar-refractivity contribution >= 4 is 0 Å². The molecule has 0 atom stereocenters. The summed E-state index contributed by atoms with van der Waals surface area (Å²) >= 11 is 0. The van der Waals surface area contributed by atoms with Crippen LogP contribution in [0.25, 0.3) is 0 Å². The molecule has 0 saturated carbocycles. The van der Waals surface area contributed by atoms with Gasteiger partial charge in [0.2, 0.25) is 0 Å². The van der Waals surface area contributed by atoms with Crippen molar-refractivity contribution < 1.29 is 17.9 Å². The summed E-state index contributed by atoms with van der Waals surface area (Å²) in [6.07, 6.45) is -2.26. The van der Waals surface area contributed by atoms with Gasteiger partial charge < -0.3 is 10.1 Å². The van der Waals surface area contributed by atoms with Gasteiger partial charge in [-0.1, -0.05) is 12.1 Å². The Morgan fingerprint density at radius 2 is 2.12 bits per heavy atom. The smallest absolute Gasteiger partial charge is 0.401 e. The first-order valence-electron chi connectivity index (χ1n) is 5.57. The molecule has 0 spiro atoms. The molecule has 2 rings (SSSR count). The van der Waals surface area contributed by atoms with Crippen LogP contribution in [-0.4, -0.2) is 19.3 Å². The second-order valence-electron chi connectivity index (χ2n) is 4.11. The molecule has 17 heavy (non-hydrogen) atoms. The highest BCUT2D eigenvalue weighted by molar-refractivity contribution is 5.38. The molecule has 0 saturated heterocycles. The van der Waals surface area contributed by atoms with Crippen molar-refractivity contribution in [1.29, 1.82) is 0 Å². The van der Waals surface area contributed by atoms with Crippen molar-refractivity contribution in [1.82, 2.24) is 5.32 Å². The van der Waals surface area contributed by atoms with Gasteiger partial charge in [-0.25, -0.2) is 0 Å². The van der Waals surface area contributed by atoms with Crippen LogP contribution in [0, 0.1) is 0 Å². The lowest BCUT2D eigenvalue weighted by molar-refractivity contribution is -0.125. The van der Waals surface area contributed by atoms with Gasteiger partial charge in [-0.05, 0) is 30.0 Å². The average molecular weight is 245 g/mol. The molecule has 0 aromatic heterocycles. The summed E-state index contributed by atoms with van der Waals surface area (Å²) in [6, 6.07) is 5.55. The predicted molar refractivity (Wildman–Crippen MR) is 58.0 cm³/mol. The zero-order valence-electron chi connectivity index (χ0n) is 9.31. The zero-order valence-corrected chi connectivity index (χ0v) is 9.31. The van der Waals surface area contributed by atoms with Crippen molar-refractivity contribution in [2.75, 3.05) is 13.2 Å². The summed E-state index contributed by atoms with van der Waals surface area (Å²) in [6.45, 7) is -0.00789. The Hall–Kier alpha value is -1.23. The highest BCUT2D eigenvalue weighted by Gasteiger charge is 2.26. The van der Waals surface area contributed by atoms with Gasteiger partial charge in [-0.15, -0.1) is 0 Å². The van der Waals surface area contributed by atoms with E-state index in [1.165, 1.54) is 0 Å². The van der Waals surface area contributed by atoms with Crippen LogP contribution in [0.3, 0.4) is 0 Å². The molecule has 0 amide bonds. The summed E-state index contributed by atoms with van der Waals surface area (Å²) in [5.74, 6) is 0.857. The van der Waals surface area contributed by atoms with Crippen molar-refractivity contribution in [3.8, 4) is 5.75 Å². The quantitative estimate of drug-likeness (QED) is 0.884. The van der Waals surface area contributed by atoms with Crippen LogP contribution >= 0.6 is 0 Å².